The fourth-order valence-corrected chi connectivity index (χ4v) is 3.42. The molecule has 1 aromatic heterocycles. The molecule has 1 fully saturated rings. The van der Waals surface area contributed by atoms with Crippen molar-refractivity contribution in [2.75, 3.05) is 19.6 Å². The molecule has 3 rings (SSSR count). The van der Waals surface area contributed by atoms with Gasteiger partial charge in [-0.25, -0.2) is 4.39 Å². The first-order valence-corrected chi connectivity index (χ1v) is 8.68. The van der Waals surface area contributed by atoms with Crippen molar-refractivity contribution in [1.82, 2.24) is 15.2 Å². The molecule has 0 bridgehead atoms. The van der Waals surface area contributed by atoms with Gasteiger partial charge in [0.1, 0.15) is 5.82 Å². The molecule has 1 saturated heterocycles. The Morgan fingerprint density at radius 3 is 2.62 bits per heavy atom. The second kappa shape index (κ2) is 10.0. The van der Waals surface area contributed by atoms with Crippen LogP contribution in [0.5, 0.6) is 0 Å². The molecule has 1 N–H and O–H groups in total. The quantitative estimate of drug-likeness (QED) is 0.837. The maximum absolute atomic E-state index is 13.4. The Morgan fingerprint density at radius 2 is 1.96 bits per heavy atom. The number of halogens is 3. The first kappa shape index (κ1) is 22.6. The van der Waals surface area contributed by atoms with Crippen molar-refractivity contribution in [3.05, 3.63) is 41.3 Å². The molecule has 26 heavy (non-hydrogen) atoms. The molecule has 1 aromatic carbocycles. The lowest BCUT2D eigenvalue weighted by Gasteiger charge is -2.35. The lowest BCUT2D eigenvalue weighted by Crippen LogP contribution is -2.46. The molecule has 0 atom stereocenters. The molecule has 0 spiro atoms. The Labute approximate surface area is 166 Å². The minimum Gasteiger partial charge on any atom is -0.336 e. The number of hydrogen-bond donors (Lipinski definition) is 1. The smallest absolute Gasteiger partial charge is 0.255 e. The van der Waals surface area contributed by atoms with Gasteiger partial charge >= 0.3 is 0 Å². The van der Waals surface area contributed by atoms with Crippen LogP contribution in [0.15, 0.2) is 24.3 Å². The molecule has 1 aliphatic rings. The van der Waals surface area contributed by atoms with Gasteiger partial charge in [0.25, 0.3) is 5.91 Å². The van der Waals surface area contributed by atoms with Crippen LogP contribution in [0.3, 0.4) is 0 Å². The fourth-order valence-electron chi connectivity index (χ4n) is 3.42. The lowest BCUT2D eigenvalue weighted by atomic mass is 10.0. The molecule has 1 aliphatic heterocycles. The van der Waals surface area contributed by atoms with Gasteiger partial charge in [-0.15, -0.1) is 24.8 Å². The van der Waals surface area contributed by atoms with Crippen LogP contribution in [-0.2, 0) is 0 Å². The van der Waals surface area contributed by atoms with Crippen molar-refractivity contribution in [2.45, 2.75) is 39.2 Å². The average Bonchev–Trinajstić information content (AvgIpc) is 2.59. The summed E-state index contributed by atoms with van der Waals surface area (Å²) in [6, 6.07) is 6.63. The van der Waals surface area contributed by atoms with Gasteiger partial charge in [0.15, 0.2) is 0 Å². The zero-order valence-electron chi connectivity index (χ0n) is 15.1. The van der Waals surface area contributed by atoms with Crippen molar-refractivity contribution in [1.29, 1.82) is 0 Å². The number of aryl methyl sites for hydroxylation is 1. The summed E-state index contributed by atoms with van der Waals surface area (Å²) in [5.74, 6) is -0.268. The number of nitrogens with zero attached hydrogens (tertiary/aromatic N) is 2. The molecular formula is C19H26Cl2FN3O. The first-order chi connectivity index (χ1) is 11.6. The monoisotopic (exact) mass is 401 g/mol. The summed E-state index contributed by atoms with van der Waals surface area (Å²) < 4.78 is 13.4. The molecule has 7 heteroatoms. The van der Waals surface area contributed by atoms with Crippen molar-refractivity contribution in [2.24, 2.45) is 0 Å². The highest BCUT2D eigenvalue weighted by molar-refractivity contribution is 5.98. The molecule has 0 unspecified atom stereocenters. The molecule has 0 saturated carbocycles. The number of carbonyl (C=O) groups excluding carboxylic acids is 1. The van der Waals surface area contributed by atoms with E-state index in [0.717, 1.165) is 44.3 Å². The van der Waals surface area contributed by atoms with Crippen molar-refractivity contribution < 1.29 is 9.18 Å². The normalized spacial score (nSPS) is 14.4. The van der Waals surface area contributed by atoms with E-state index in [1.54, 1.807) is 6.07 Å². The van der Waals surface area contributed by atoms with Crippen LogP contribution < -0.4 is 5.32 Å². The third kappa shape index (κ3) is 4.84. The highest BCUT2D eigenvalue weighted by Crippen LogP contribution is 2.22. The number of aromatic nitrogens is 1. The predicted molar refractivity (Wildman–Crippen MR) is 108 cm³/mol. The fraction of sp³-hybridized carbons (Fsp3) is 0.474. The highest BCUT2D eigenvalue weighted by Gasteiger charge is 2.27. The standard InChI is InChI=1S/C19H24FN3O.2ClH/c1-3-10-23(16-6-8-21-9-7-16)19(24)17-11-14-4-5-15(20)12-18(14)22-13(17)2;;/h4-5,11-12,16,21H,3,6-10H2,1-2H3;2*1H. The van der Waals surface area contributed by atoms with Crippen LogP contribution in [0.4, 0.5) is 4.39 Å². The van der Waals surface area contributed by atoms with Gasteiger partial charge in [-0.1, -0.05) is 6.92 Å². The number of hydrogen-bond acceptors (Lipinski definition) is 3. The van der Waals surface area contributed by atoms with E-state index in [1.165, 1.54) is 12.1 Å². The van der Waals surface area contributed by atoms with Gasteiger partial charge in [-0.2, -0.15) is 0 Å². The van der Waals surface area contributed by atoms with Crippen molar-refractivity contribution in [3.63, 3.8) is 0 Å². The molecule has 2 aromatic rings. The Balaban J connectivity index is 0.00000169. The second-order valence-electron chi connectivity index (χ2n) is 6.44. The maximum atomic E-state index is 13.4. The number of rotatable bonds is 4. The zero-order chi connectivity index (χ0) is 17.1. The second-order valence-corrected chi connectivity index (χ2v) is 6.44. The number of benzene rings is 1. The molecule has 0 aliphatic carbocycles. The highest BCUT2D eigenvalue weighted by atomic mass is 35.5. The summed E-state index contributed by atoms with van der Waals surface area (Å²) in [5.41, 5.74) is 1.88. The third-order valence-corrected chi connectivity index (χ3v) is 4.68. The van der Waals surface area contributed by atoms with E-state index in [4.69, 9.17) is 0 Å². The summed E-state index contributed by atoms with van der Waals surface area (Å²) in [5, 5.41) is 4.14. The minimum atomic E-state index is -0.309. The first-order valence-electron chi connectivity index (χ1n) is 8.68. The number of carbonyl (C=O) groups is 1. The van der Waals surface area contributed by atoms with Crippen LogP contribution in [0.1, 0.15) is 42.2 Å². The van der Waals surface area contributed by atoms with E-state index in [-0.39, 0.29) is 42.6 Å². The van der Waals surface area contributed by atoms with Gasteiger partial charge in [0.2, 0.25) is 0 Å². The zero-order valence-corrected chi connectivity index (χ0v) is 16.8. The Hall–Kier alpha value is -1.43. The van der Waals surface area contributed by atoms with Gasteiger partial charge in [0.05, 0.1) is 16.8 Å². The van der Waals surface area contributed by atoms with Gasteiger partial charge in [-0.05, 0) is 57.5 Å². The number of amides is 1. The summed E-state index contributed by atoms with van der Waals surface area (Å²) in [6.45, 7) is 6.57. The Bertz CT molecular complexity index is 751. The van der Waals surface area contributed by atoms with Crippen LogP contribution in [0, 0.1) is 12.7 Å². The van der Waals surface area contributed by atoms with E-state index in [2.05, 4.69) is 17.2 Å². The van der Waals surface area contributed by atoms with Gasteiger partial charge < -0.3 is 10.2 Å². The lowest BCUT2D eigenvalue weighted by molar-refractivity contribution is 0.0641. The molecular weight excluding hydrogens is 376 g/mol. The van der Waals surface area contributed by atoms with E-state index in [0.29, 0.717) is 16.8 Å². The Morgan fingerprint density at radius 1 is 1.27 bits per heavy atom. The Kier molecular flexibility index (Phi) is 8.74. The number of piperidine rings is 1. The number of fused-ring (bicyclic) bond motifs is 1. The molecule has 1 amide bonds. The van der Waals surface area contributed by atoms with Crippen LogP contribution in [0.2, 0.25) is 0 Å². The summed E-state index contributed by atoms with van der Waals surface area (Å²) in [4.78, 5) is 19.6. The van der Waals surface area contributed by atoms with Crippen molar-refractivity contribution in [3.8, 4) is 0 Å². The van der Waals surface area contributed by atoms with Crippen LogP contribution >= 0.6 is 24.8 Å². The summed E-state index contributed by atoms with van der Waals surface area (Å²) in [6.07, 6.45) is 2.90. The summed E-state index contributed by atoms with van der Waals surface area (Å²) >= 11 is 0. The molecule has 144 valence electrons. The maximum Gasteiger partial charge on any atom is 0.255 e. The van der Waals surface area contributed by atoms with Crippen LogP contribution in [0.25, 0.3) is 10.9 Å². The topological polar surface area (TPSA) is 45.2 Å². The minimum absolute atomic E-state index is 0. The van der Waals surface area contributed by atoms with E-state index in [1.807, 2.05) is 17.9 Å². The average molecular weight is 402 g/mol. The summed E-state index contributed by atoms with van der Waals surface area (Å²) in [7, 11) is 0. The predicted octanol–water partition coefficient (Wildman–Crippen LogP) is 4.13. The molecule has 0 radical (unpaired) electrons. The number of pyridine rings is 1. The third-order valence-electron chi connectivity index (χ3n) is 4.68. The van der Waals surface area contributed by atoms with E-state index < -0.39 is 0 Å². The van der Waals surface area contributed by atoms with Crippen LogP contribution in [-0.4, -0.2) is 41.5 Å². The van der Waals surface area contributed by atoms with E-state index in [9.17, 15) is 9.18 Å². The largest absolute Gasteiger partial charge is 0.336 e. The van der Waals surface area contributed by atoms with Gasteiger partial charge in [-0.3, -0.25) is 9.78 Å². The molecule has 2 heterocycles. The SMILES string of the molecule is CCCN(C(=O)c1cc2ccc(F)cc2nc1C)C1CCNCC1.Cl.Cl. The number of nitrogens with one attached hydrogen (secondary N) is 1. The van der Waals surface area contributed by atoms with E-state index >= 15 is 0 Å². The molecule has 4 nitrogen and oxygen atoms in total. The van der Waals surface area contributed by atoms with Crippen molar-refractivity contribution >= 4 is 41.6 Å². The van der Waals surface area contributed by atoms with Gasteiger partial charge in [0, 0.05) is 24.0 Å².